The molecular formula is C18H29N3O. The van der Waals surface area contributed by atoms with Crippen LogP contribution in [0, 0.1) is 5.92 Å². The quantitative estimate of drug-likeness (QED) is 0.874. The first-order valence-electron chi connectivity index (χ1n) is 8.27. The summed E-state index contributed by atoms with van der Waals surface area (Å²) in [6.07, 6.45) is 2.43. The molecule has 0 saturated carbocycles. The number of carbonyl (C=O) groups is 1. The predicted molar refractivity (Wildman–Crippen MR) is 90.7 cm³/mol. The van der Waals surface area contributed by atoms with E-state index >= 15 is 0 Å². The maximum atomic E-state index is 12.5. The maximum absolute atomic E-state index is 12.5. The van der Waals surface area contributed by atoms with Crippen molar-refractivity contribution in [1.82, 2.24) is 15.1 Å². The Bertz CT molecular complexity index is 457. The van der Waals surface area contributed by atoms with Gasteiger partial charge in [0.25, 0.3) is 0 Å². The fourth-order valence-corrected chi connectivity index (χ4v) is 3.08. The van der Waals surface area contributed by atoms with E-state index in [0.29, 0.717) is 6.54 Å². The van der Waals surface area contributed by atoms with Gasteiger partial charge in [0.15, 0.2) is 0 Å². The number of carbonyl (C=O) groups excluding carboxylic acids is 1. The molecule has 1 fully saturated rings. The van der Waals surface area contributed by atoms with E-state index in [0.717, 1.165) is 25.6 Å². The van der Waals surface area contributed by atoms with Crippen molar-refractivity contribution in [2.75, 3.05) is 40.3 Å². The van der Waals surface area contributed by atoms with Crippen molar-refractivity contribution < 1.29 is 4.79 Å². The molecule has 4 nitrogen and oxygen atoms in total. The van der Waals surface area contributed by atoms with E-state index in [9.17, 15) is 4.79 Å². The number of hydrogen-bond donors (Lipinski definition) is 1. The van der Waals surface area contributed by atoms with Crippen molar-refractivity contribution >= 4 is 5.91 Å². The molecular weight excluding hydrogens is 274 g/mol. The van der Waals surface area contributed by atoms with Gasteiger partial charge < -0.3 is 10.2 Å². The van der Waals surface area contributed by atoms with Gasteiger partial charge in [0, 0.05) is 13.6 Å². The average Bonchev–Trinajstić information content (AvgIpc) is 2.55. The summed E-state index contributed by atoms with van der Waals surface area (Å²) in [4.78, 5) is 16.5. The van der Waals surface area contributed by atoms with E-state index in [1.165, 1.54) is 18.4 Å². The Kier molecular flexibility index (Phi) is 6.40. The number of amides is 1. The van der Waals surface area contributed by atoms with Crippen molar-refractivity contribution in [3.05, 3.63) is 35.9 Å². The normalized spacial score (nSPS) is 17.5. The summed E-state index contributed by atoms with van der Waals surface area (Å²) in [7, 11) is 3.96. The van der Waals surface area contributed by atoms with E-state index in [-0.39, 0.29) is 11.9 Å². The second-order valence-corrected chi connectivity index (χ2v) is 6.48. The van der Waals surface area contributed by atoms with Crippen molar-refractivity contribution in [2.45, 2.75) is 25.8 Å². The molecule has 1 saturated heterocycles. The highest BCUT2D eigenvalue weighted by molar-refractivity contribution is 5.78. The predicted octanol–water partition coefficient (Wildman–Crippen LogP) is 2.14. The molecule has 1 aliphatic rings. The molecule has 0 bridgehead atoms. The lowest BCUT2D eigenvalue weighted by atomic mass is 9.98. The van der Waals surface area contributed by atoms with Gasteiger partial charge in [0.1, 0.15) is 0 Å². The fourth-order valence-electron chi connectivity index (χ4n) is 3.08. The van der Waals surface area contributed by atoms with E-state index in [1.807, 2.05) is 30.1 Å². The monoisotopic (exact) mass is 303 g/mol. The van der Waals surface area contributed by atoms with Crippen LogP contribution in [0.2, 0.25) is 0 Å². The molecule has 122 valence electrons. The van der Waals surface area contributed by atoms with Crippen LogP contribution < -0.4 is 5.32 Å². The molecule has 1 unspecified atom stereocenters. The molecule has 0 aliphatic carbocycles. The van der Waals surface area contributed by atoms with Gasteiger partial charge in [0.2, 0.25) is 5.91 Å². The Balaban J connectivity index is 1.82. The minimum atomic E-state index is 0.112. The summed E-state index contributed by atoms with van der Waals surface area (Å²) in [6.45, 7) is 5.81. The molecule has 22 heavy (non-hydrogen) atoms. The Hall–Kier alpha value is -1.39. The lowest BCUT2D eigenvalue weighted by Gasteiger charge is -2.30. The minimum absolute atomic E-state index is 0.112. The molecule has 1 atom stereocenters. The lowest BCUT2D eigenvalue weighted by molar-refractivity contribution is -0.132. The number of rotatable bonds is 6. The molecule has 4 heteroatoms. The van der Waals surface area contributed by atoms with Gasteiger partial charge in [0.05, 0.1) is 12.6 Å². The second-order valence-electron chi connectivity index (χ2n) is 6.48. The van der Waals surface area contributed by atoms with Gasteiger partial charge in [-0.2, -0.15) is 0 Å². The minimum Gasteiger partial charge on any atom is -0.338 e. The first-order chi connectivity index (χ1) is 10.6. The zero-order chi connectivity index (χ0) is 15.9. The molecule has 1 N–H and O–H groups in total. The fraction of sp³-hybridized carbons (Fsp3) is 0.611. The topological polar surface area (TPSA) is 35.6 Å². The van der Waals surface area contributed by atoms with Crippen LogP contribution in [0.1, 0.15) is 31.4 Å². The first-order valence-corrected chi connectivity index (χ1v) is 8.27. The third kappa shape index (κ3) is 4.82. The molecule has 2 rings (SSSR count). The standard InChI is InChI=1S/C18H29N3O/c1-15(17-7-5-4-6-8-17)21(3)18(22)14-20(2)13-16-9-11-19-12-10-16/h4-8,15-16,19H,9-14H2,1-3H3. The van der Waals surface area contributed by atoms with Crippen LogP contribution in [0.15, 0.2) is 30.3 Å². The molecule has 1 aromatic carbocycles. The number of benzene rings is 1. The van der Waals surface area contributed by atoms with E-state index < -0.39 is 0 Å². The average molecular weight is 303 g/mol. The maximum Gasteiger partial charge on any atom is 0.236 e. The third-order valence-corrected chi connectivity index (χ3v) is 4.69. The Labute approximate surface area is 134 Å². The molecule has 0 spiro atoms. The Morgan fingerprint density at radius 3 is 2.50 bits per heavy atom. The highest BCUT2D eigenvalue weighted by Crippen LogP contribution is 2.18. The molecule has 0 aromatic heterocycles. The highest BCUT2D eigenvalue weighted by Gasteiger charge is 2.20. The summed E-state index contributed by atoms with van der Waals surface area (Å²) >= 11 is 0. The van der Waals surface area contributed by atoms with Crippen LogP contribution in [0.5, 0.6) is 0 Å². The van der Waals surface area contributed by atoms with Crippen molar-refractivity contribution in [3.63, 3.8) is 0 Å². The third-order valence-electron chi connectivity index (χ3n) is 4.69. The van der Waals surface area contributed by atoms with Crippen LogP contribution in [0.4, 0.5) is 0 Å². The van der Waals surface area contributed by atoms with Crippen LogP contribution in [-0.4, -0.2) is 56.0 Å². The SMILES string of the molecule is CC(c1ccccc1)N(C)C(=O)CN(C)CC1CCNCC1. The number of nitrogens with one attached hydrogen (secondary N) is 1. The number of piperidine rings is 1. The van der Waals surface area contributed by atoms with Gasteiger partial charge in [-0.05, 0) is 51.4 Å². The summed E-state index contributed by atoms with van der Waals surface area (Å²) < 4.78 is 0. The molecule has 1 aromatic rings. The van der Waals surface area contributed by atoms with Crippen molar-refractivity contribution in [2.24, 2.45) is 5.92 Å². The van der Waals surface area contributed by atoms with Crippen LogP contribution >= 0.6 is 0 Å². The van der Waals surface area contributed by atoms with Crippen LogP contribution in [-0.2, 0) is 4.79 Å². The Morgan fingerprint density at radius 1 is 1.23 bits per heavy atom. The number of likely N-dealkylation sites (N-methyl/N-ethyl adjacent to an activating group) is 2. The highest BCUT2D eigenvalue weighted by atomic mass is 16.2. The Morgan fingerprint density at radius 2 is 1.86 bits per heavy atom. The van der Waals surface area contributed by atoms with Crippen LogP contribution in [0.3, 0.4) is 0 Å². The summed E-state index contributed by atoms with van der Waals surface area (Å²) in [6, 6.07) is 10.3. The van der Waals surface area contributed by atoms with Gasteiger partial charge in [-0.3, -0.25) is 9.69 Å². The molecule has 0 radical (unpaired) electrons. The van der Waals surface area contributed by atoms with Gasteiger partial charge >= 0.3 is 0 Å². The zero-order valence-corrected chi connectivity index (χ0v) is 14.1. The largest absolute Gasteiger partial charge is 0.338 e. The number of hydrogen-bond acceptors (Lipinski definition) is 3. The van der Waals surface area contributed by atoms with Crippen molar-refractivity contribution in [3.8, 4) is 0 Å². The summed E-state index contributed by atoms with van der Waals surface area (Å²) in [5.74, 6) is 0.906. The summed E-state index contributed by atoms with van der Waals surface area (Å²) in [5, 5.41) is 3.39. The van der Waals surface area contributed by atoms with E-state index in [4.69, 9.17) is 0 Å². The molecule has 1 amide bonds. The van der Waals surface area contributed by atoms with E-state index in [2.05, 4.69) is 36.3 Å². The van der Waals surface area contributed by atoms with E-state index in [1.54, 1.807) is 0 Å². The van der Waals surface area contributed by atoms with Gasteiger partial charge in [-0.1, -0.05) is 30.3 Å². The zero-order valence-electron chi connectivity index (χ0n) is 14.1. The van der Waals surface area contributed by atoms with Crippen molar-refractivity contribution in [1.29, 1.82) is 0 Å². The second kappa shape index (κ2) is 8.30. The smallest absolute Gasteiger partial charge is 0.236 e. The first kappa shape index (κ1) is 17.0. The van der Waals surface area contributed by atoms with Crippen LogP contribution in [0.25, 0.3) is 0 Å². The van der Waals surface area contributed by atoms with Gasteiger partial charge in [-0.15, -0.1) is 0 Å². The molecule has 1 heterocycles. The lowest BCUT2D eigenvalue weighted by Crippen LogP contribution is -2.41. The van der Waals surface area contributed by atoms with Gasteiger partial charge in [-0.25, -0.2) is 0 Å². The number of nitrogens with zero attached hydrogens (tertiary/aromatic N) is 2. The molecule has 1 aliphatic heterocycles. The summed E-state index contributed by atoms with van der Waals surface area (Å²) in [5.41, 5.74) is 1.18.